The number of hydrogen-bond donors (Lipinski definition) is 0. The third kappa shape index (κ3) is 15.0. The molecule has 2 aromatic carbocycles. The maximum Gasteiger partial charge on any atom is 4.00 e. The molecule has 0 aromatic heterocycles. The van der Waals surface area contributed by atoms with Crippen molar-refractivity contribution < 1.29 is 50.7 Å². The van der Waals surface area contributed by atoms with Crippen molar-refractivity contribution in [3.63, 3.8) is 0 Å². The average Bonchev–Trinajstić information content (AvgIpc) is 3.03. The molecule has 2 aromatic rings. The molecule has 2 rings (SSSR count). The van der Waals surface area contributed by atoms with Crippen LogP contribution in [0.5, 0.6) is 0 Å². The summed E-state index contributed by atoms with van der Waals surface area (Å²) in [6.45, 7) is 13.3. The molecule has 0 amide bonds. The van der Waals surface area contributed by atoms with E-state index in [9.17, 15) is 0 Å². The molecule has 0 saturated carbocycles. The predicted octanol–water partition coefficient (Wildman–Crippen LogP) is -0.0694. The van der Waals surface area contributed by atoms with Crippen molar-refractivity contribution in [1.82, 2.24) is 0 Å². The Bertz CT molecular complexity index is 405. The predicted molar refractivity (Wildman–Crippen MR) is 100 cm³/mol. The Morgan fingerprint density at radius 3 is 0.833 bits per heavy atom. The summed E-state index contributed by atoms with van der Waals surface area (Å²) in [6.07, 6.45) is 0. The monoisotopic (exact) mass is 597 g/mol. The van der Waals surface area contributed by atoms with Crippen LogP contribution in [-0.2, 0) is 36.7 Å². The van der Waals surface area contributed by atoms with Gasteiger partial charge in [-0.2, -0.15) is 35.4 Å². The smallest absolute Gasteiger partial charge is 1.00 e. The molecule has 0 atom stereocenters. The van der Waals surface area contributed by atoms with Gasteiger partial charge in [-0.15, -0.1) is 0 Å². The summed E-state index contributed by atoms with van der Waals surface area (Å²) >= 11 is 0.312. The quantitative estimate of drug-likeness (QED) is 0.296. The first-order valence-corrected chi connectivity index (χ1v) is 12.7. The fourth-order valence-electron chi connectivity index (χ4n) is 1.75. The Morgan fingerprint density at radius 2 is 0.750 bits per heavy atom. The van der Waals surface area contributed by atoms with Gasteiger partial charge in [0.05, 0.1) is 0 Å². The molecule has 0 unspecified atom stereocenters. The molecule has 0 N–H and O–H groups in total. The zero-order valence-corrected chi connectivity index (χ0v) is 24.0. The Hall–Kier alpha value is 0.693. The van der Waals surface area contributed by atoms with Crippen molar-refractivity contribution in [1.29, 1.82) is 0 Å². The third-order valence-corrected chi connectivity index (χ3v) is 3.06. The topological polar surface area (TPSA) is 0 Å². The molecule has 1 radical (unpaired) electrons. The van der Waals surface area contributed by atoms with Crippen molar-refractivity contribution in [2.24, 2.45) is 0 Å². The number of hydrogen-bond acceptors (Lipinski definition) is 0. The van der Waals surface area contributed by atoms with Crippen LogP contribution in [-0.4, -0.2) is 15.4 Å². The summed E-state index contributed by atoms with van der Waals surface area (Å²) in [6, 6.07) is 17.0. The minimum absolute atomic E-state index is 0. The first-order valence-electron chi connectivity index (χ1n) is 7.81. The molecule has 0 bridgehead atoms. The second kappa shape index (κ2) is 15.9. The van der Waals surface area contributed by atoms with Gasteiger partial charge in [0, 0.05) is 0 Å². The van der Waals surface area contributed by atoms with Crippen molar-refractivity contribution in [2.45, 2.75) is 63.9 Å². The molecule has 0 nitrogen and oxygen atoms in total. The molecule has 0 fully saturated rings. The van der Waals surface area contributed by atoms with E-state index in [4.69, 9.17) is 0 Å². The summed E-state index contributed by atoms with van der Waals surface area (Å²) in [7, 11) is 0. The third-order valence-electron chi connectivity index (χ3n) is 3.06. The van der Waals surface area contributed by atoms with Crippen LogP contribution in [0.2, 0.25) is 11.5 Å². The van der Waals surface area contributed by atoms with Crippen molar-refractivity contribution in [3.05, 3.63) is 59.7 Å². The van der Waals surface area contributed by atoms with Crippen LogP contribution < -0.4 is 24.8 Å². The van der Waals surface area contributed by atoms with E-state index in [2.05, 4.69) is 102 Å². The van der Waals surface area contributed by atoms with Crippen LogP contribution in [0, 0.1) is 0 Å². The molecule has 0 saturated heterocycles. The minimum atomic E-state index is 0. The minimum Gasteiger partial charge on any atom is -1.00 e. The maximum atomic E-state index is 2.28. The van der Waals surface area contributed by atoms with E-state index in [-0.39, 0.29) is 50.7 Å². The zero-order chi connectivity index (χ0) is 16.5. The van der Waals surface area contributed by atoms with E-state index >= 15 is 0 Å². The molecule has 0 aliphatic heterocycles. The summed E-state index contributed by atoms with van der Waals surface area (Å²) in [4.78, 5) is 0. The largest absolute Gasteiger partial charge is 4.00 e. The van der Waals surface area contributed by atoms with Crippen molar-refractivity contribution in [3.8, 4) is 0 Å². The summed E-state index contributed by atoms with van der Waals surface area (Å²) < 4.78 is 0. The van der Waals surface area contributed by atoms with Gasteiger partial charge in [0.1, 0.15) is 0 Å². The second-order valence-electron chi connectivity index (χ2n) is 7.42. The van der Waals surface area contributed by atoms with Gasteiger partial charge in [-0.1, -0.05) is 52.4 Å². The van der Waals surface area contributed by atoms with Gasteiger partial charge in [0.15, 0.2) is 0 Å². The van der Waals surface area contributed by atoms with Gasteiger partial charge >= 0.3 is 52.8 Å². The van der Waals surface area contributed by atoms with E-state index in [1.807, 2.05) is 0 Å². The summed E-state index contributed by atoms with van der Waals surface area (Å²) in [5.74, 6) is 4.56. The van der Waals surface area contributed by atoms with Gasteiger partial charge in [0.25, 0.3) is 0 Å². The van der Waals surface area contributed by atoms with E-state index < -0.39 is 0 Å². The van der Waals surface area contributed by atoms with Crippen LogP contribution in [0.15, 0.2) is 48.5 Å². The average molecular weight is 595 g/mol. The summed E-state index contributed by atoms with van der Waals surface area (Å²) in [5, 5.41) is 0. The standard InChI is InChI=1S/2C9H13.C2H7Ge.2ClH.Hf/c2*1-9(2,3)8-6-4-5-7-8;1-3-2;;;/h2*4-7H,1-3H3;3H,1-2H3;2*1H;/q2*-1;;;;+4/p-2. The SMILES string of the molecule is CC(C)(C)[c-]1cccc1.CC(C)(C)[c-]1cccc1.[CH3][GeH][CH3].[Cl-].[Cl-].[Hf+4]. The van der Waals surface area contributed by atoms with Crippen molar-refractivity contribution in [2.75, 3.05) is 0 Å². The fraction of sp³-hybridized carbons (Fsp3) is 0.500. The summed E-state index contributed by atoms with van der Waals surface area (Å²) in [5.41, 5.74) is 3.48. The van der Waals surface area contributed by atoms with Crippen LogP contribution in [0.3, 0.4) is 0 Å². The van der Waals surface area contributed by atoms with E-state index in [1.54, 1.807) is 0 Å². The first kappa shape index (κ1) is 32.4. The molecule has 0 heterocycles. The van der Waals surface area contributed by atoms with Gasteiger partial charge < -0.3 is 24.8 Å². The normalized spacial score (nSPS) is 9.67. The van der Waals surface area contributed by atoms with Gasteiger partial charge in [-0.3, -0.25) is 0 Å². The van der Waals surface area contributed by atoms with E-state index in [1.165, 1.54) is 11.1 Å². The molecule has 24 heavy (non-hydrogen) atoms. The Kier molecular flexibility index (Phi) is 21.5. The van der Waals surface area contributed by atoms with Crippen molar-refractivity contribution >= 4 is 15.4 Å². The molecule has 0 spiro atoms. The van der Waals surface area contributed by atoms with E-state index in [0.29, 0.717) is 26.3 Å². The fourth-order valence-corrected chi connectivity index (χ4v) is 1.75. The number of rotatable bonds is 0. The van der Waals surface area contributed by atoms with Crippen LogP contribution in [0.25, 0.3) is 0 Å². The van der Waals surface area contributed by atoms with Crippen LogP contribution in [0.1, 0.15) is 52.7 Å². The molecule has 4 heteroatoms. The second-order valence-corrected chi connectivity index (χ2v) is 9.85. The van der Waals surface area contributed by atoms with E-state index in [0.717, 1.165) is 0 Å². The molecule has 135 valence electrons. The Morgan fingerprint density at radius 1 is 0.583 bits per heavy atom. The maximum absolute atomic E-state index is 2.28. The molecule has 0 aliphatic rings. The first-order chi connectivity index (χ1) is 9.62. The Labute approximate surface area is 188 Å². The Balaban J connectivity index is -0.000000130. The van der Waals surface area contributed by atoms with Crippen LogP contribution in [0.4, 0.5) is 0 Å². The zero-order valence-electron chi connectivity index (χ0n) is 16.5. The van der Waals surface area contributed by atoms with Gasteiger partial charge in [0.2, 0.25) is 0 Å². The number of halogens is 2. The molecule has 0 aliphatic carbocycles. The molecular formula is C20H33Cl2GeHf. The van der Waals surface area contributed by atoms with Crippen LogP contribution >= 0.6 is 0 Å². The van der Waals surface area contributed by atoms with Gasteiger partial charge in [-0.25, -0.2) is 24.3 Å². The van der Waals surface area contributed by atoms with Gasteiger partial charge in [-0.05, 0) is 0 Å². The molecular weight excluding hydrogens is 562 g/mol.